The van der Waals surface area contributed by atoms with Gasteiger partial charge in [0.15, 0.2) is 0 Å². The zero-order chi connectivity index (χ0) is 17.8. The van der Waals surface area contributed by atoms with Crippen LogP contribution in [0.1, 0.15) is 24.8 Å². The summed E-state index contributed by atoms with van der Waals surface area (Å²) in [6, 6.07) is 10.3. The largest absolute Gasteiger partial charge is 0.353 e. The fourth-order valence-electron chi connectivity index (χ4n) is 3.95. The number of likely N-dealkylation sites (tertiary alicyclic amines) is 1. The summed E-state index contributed by atoms with van der Waals surface area (Å²) in [7, 11) is 4.10. The highest BCUT2D eigenvalue weighted by molar-refractivity contribution is 5.83. The van der Waals surface area contributed by atoms with E-state index in [-0.39, 0.29) is 29.9 Å². The van der Waals surface area contributed by atoms with Gasteiger partial charge in [0.05, 0.1) is 0 Å². The third kappa shape index (κ3) is 4.19. The number of carbonyl (C=O) groups is 2. The summed E-state index contributed by atoms with van der Waals surface area (Å²) in [5.41, 5.74) is 1.10. The van der Waals surface area contributed by atoms with E-state index in [9.17, 15) is 9.59 Å². The van der Waals surface area contributed by atoms with Crippen LogP contribution in [0, 0.1) is 0 Å². The molecule has 2 fully saturated rings. The number of fused-ring (bicyclic) bond motifs is 1. The summed E-state index contributed by atoms with van der Waals surface area (Å²) in [5.74, 6) is 0.181. The summed E-state index contributed by atoms with van der Waals surface area (Å²) in [5, 5.41) is 6.03. The van der Waals surface area contributed by atoms with Crippen molar-refractivity contribution in [2.45, 2.75) is 43.9 Å². The van der Waals surface area contributed by atoms with Gasteiger partial charge in [0.1, 0.15) is 6.04 Å². The van der Waals surface area contributed by atoms with Crippen molar-refractivity contribution >= 4 is 11.8 Å². The molecule has 0 radical (unpaired) electrons. The Morgan fingerprint density at radius 2 is 2.04 bits per heavy atom. The first-order chi connectivity index (χ1) is 12.1. The van der Waals surface area contributed by atoms with E-state index in [4.69, 9.17) is 0 Å². The Balaban J connectivity index is 1.50. The predicted octanol–water partition coefficient (Wildman–Crippen LogP) is 0.586. The lowest BCUT2D eigenvalue weighted by Crippen LogP contribution is -2.48. The topological polar surface area (TPSA) is 64.7 Å². The van der Waals surface area contributed by atoms with E-state index in [2.05, 4.69) is 27.5 Å². The summed E-state index contributed by atoms with van der Waals surface area (Å²) in [4.78, 5) is 28.9. The molecule has 2 aliphatic rings. The molecular formula is C19H28N4O2. The minimum atomic E-state index is -0.0677. The van der Waals surface area contributed by atoms with Crippen molar-refractivity contribution in [3.63, 3.8) is 0 Å². The van der Waals surface area contributed by atoms with Gasteiger partial charge in [0.2, 0.25) is 11.8 Å². The van der Waals surface area contributed by atoms with Gasteiger partial charge in [0, 0.05) is 38.1 Å². The molecule has 136 valence electrons. The Morgan fingerprint density at radius 1 is 1.28 bits per heavy atom. The van der Waals surface area contributed by atoms with Gasteiger partial charge in [-0.05, 0) is 32.5 Å². The molecule has 2 amide bonds. The SMILES string of the molecule is CN1CCC2C1C(=O)NCC(CCC(=O)NCc1ccccc1)N2C. The van der Waals surface area contributed by atoms with Crippen LogP contribution in [0.4, 0.5) is 0 Å². The van der Waals surface area contributed by atoms with Crippen LogP contribution in [0.2, 0.25) is 0 Å². The van der Waals surface area contributed by atoms with Gasteiger partial charge in [-0.2, -0.15) is 0 Å². The average Bonchev–Trinajstić information content (AvgIpc) is 2.96. The number of nitrogens with zero attached hydrogens (tertiary/aromatic N) is 2. The van der Waals surface area contributed by atoms with Gasteiger partial charge in [-0.3, -0.25) is 19.4 Å². The van der Waals surface area contributed by atoms with Gasteiger partial charge < -0.3 is 10.6 Å². The Hall–Kier alpha value is -1.92. The molecule has 2 N–H and O–H groups in total. The number of benzene rings is 1. The van der Waals surface area contributed by atoms with Crippen LogP contribution in [0.5, 0.6) is 0 Å². The second kappa shape index (κ2) is 7.97. The molecule has 6 nitrogen and oxygen atoms in total. The first kappa shape index (κ1) is 17.9. The fraction of sp³-hybridized carbons (Fsp3) is 0.579. The first-order valence-electron chi connectivity index (χ1n) is 9.07. The third-order valence-corrected chi connectivity index (χ3v) is 5.53. The lowest BCUT2D eigenvalue weighted by Gasteiger charge is -2.32. The zero-order valence-corrected chi connectivity index (χ0v) is 15.1. The molecule has 0 bridgehead atoms. The average molecular weight is 344 g/mol. The van der Waals surface area contributed by atoms with E-state index in [1.807, 2.05) is 37.4 Å². The number of amides is 2. The minimum Gasteiger partial charge on any atom is -0.353 e. The fourth-order valence-corrected chi connectivity index (χ4v) is 3.95. The lowest BCUT2D eigenvalue weighted by molar-refractivity contribution is -0.125. The maximum absolute atomic E-state index is 12.3. The molecule has 2 aliphatic heterocycles. The molecule has 0 saturated carbocycles. The highest BCUT2D eigenvalue weighted by atomic mass is 16.2. The van der Waals surface area contributed by atoms with Crippen molar-refractivity contribution in [3.8, 4) is 0 Å². The molecular weight excluding hydrogens is 316 g/mol. The van der Waals surface area contributed by atoms with Crippen LogP contribution < -0.4 is 10.6 Å². The van der Waals surface area contributed by atoms with Crippen LogP contribution in [-0.4, -0.2) is 66.9 Å². The Morgan fingerprint density at radius 3 is 2.80 bits per heavy atom. The predicted molar refractivity (Wildman–Crippen MR) is 96.9 cm³/mol. The standard InChI is InChI=1S/C19H28N4O2/c1-22-11-10-16-18(22)19(25)21-13-15(23(16)2)8-9-17(24)20-12-14-6-4-3-5-7-14/h3-7,15-16,18H,8-13H2,1-2H3,(H,20,24)(H,21,25). The summed E-state index contributed by atoms with van der Waals surface area (Å²) < 4.78 is 0. The number of rotatable bonds is 5. The molecule has 3 rings (SSSR count). The normalized spacial score (nSPS) is 27.4. The smallest absolute Gasteiger partial charge is 0.239 e. The number of hydrogen-bond donors (Lipinski definition) is 2. The summed E-state index contributed by atoms with van der Waals surface area (Å²) in [6.07, 6.45) is 2.23. The monoisotopic (exact) mass is 344 g/mol. The maximum atomic E-state index is 12.3. The molecule has 0 aliphatic carbocycles. The lowest BCUT2D eigenvalue weighted by atomic mass is 10.0. The molecule has 2 saturated heterocycles. The summed E-state index contributed by atoms with van der Waals surface area (Å²) in [6.45, 7) is 2.12. The van der Waals surface area contributed by atoms with E-state index >= 15 is 0 Å². The van der Waals surface area contributed by atoms with E-state index in [0.29, 0.717) is 19.5 Å². The van der Waals surface area contributed by atoms with E-state index in [1.54, 1.807) is 0 Å². The van der Waals surface area contributed by atoms with Crippen molar-refractivity contribution in [3.05, 3.63) is 35.9 Å². The van der Waals surface area contributed by atoms with E-state index in [1.165, 1.54) is 0 Å². The number of likely N-dealkylation sites (N-methyl/N-ethyl adjacent to an activating group) is 2. The van der Waals surface area contributed by atoms with E-state index < -0.39 is 0 Å². The molecule has 0 spiro atoms. The van der Waals surface area contributed by atoms with Crippen molar-refractivity contribution < 1.29 is 9.59 Å². The van der Waals surface area contributed by atoms with Gasteiger partial charge >= 0.3 is 0 Å². The third-order valence-electron chi connectivity index (χ3n) is 5.53. The van der Waals surface area contributed by atoms with Gasteiger partial charge in [-0.1, -0.05) is 30.3 Å². The van der Waals surface area contributed by atoms with Crippen LogP contribution in [0.3, 0.4) is 0 Å². The van der Waals surface area contributed by atoms with Gasteiger partial charge in [0.25, 0.3) is 0 Å². The van der Waals surface area contributed by atoms with Crippen molar-refractivity contribution in [2.75, 3.05) is 27.2 Å². The van der Waals surface area contributed by atoms with Crippen LogP contribution >= 0.6 is 0 Å². The van der Waals surface area contributed by atoms with Crippen LogP contribution in [0.25, 0.3) is 0 Å². The molecule has 2 heterocycles. The first-order valence-corrected chi connectivity index (χ1v) is 9.07. The highest BCUT2D eigenvalue weighted by Gasteiger charge is 2.43. The highest BCUT2D eigenvalue weighted by Crippen LogP contribution is 2.25. The number of hydrogen-bond acceptors (Lipinski definition) is 4. The van der Waals surface area contributed by atoms with Crippen LogP contribution in [-0.2, 0) is 16.1 Å². The summed E-state index contributed by atoms with van der Waals surface area (Å²) >= 11 is 0. The molecule has 25 heavy (non-hydrogen) atoms. The molecule has 3 atom stereocenters. The Bertz CT molecular complexity index is 607. The number of carbonyl (C=O) groups excluding carboxylic acids is 2. The van der Waals surface area contributed by atoms with Crippen molar-refractivity contribution in [1.29, 1.82) is 0 Å². The quantitative estimate of drug-likeness (QED) is 0.820. The van der Waals surface area contributed by atoms with Crippen LogP contribution in [0.15, 0.2) is 30.3 Å². The maximum Gasteiger partial charge on any atom is 0.239 e. The van der Waals surface area contributed by atoms with Gasteiger partial charge in [-0.15, -0.1) is 0 Å². The Kier molecular flexibility index (Phi) is 5.71. The molecule has 0 aromatic heterocycles. The molecule has 6 heteroatoms. The molecule has 1 aromatic carbocycles. The molecule has 1 aromatic rings. The number of nitrogens with one attached hydrogen (secondary N) is 2. The second-order valence-corrected chi connectivity index (χ2v) is 7.15. The zero-order valence-electron chi connectivity index (χ0n) is 15.1. The van der Waals surface area contributed by atoms with Crippen molar-refractivity contribution in [2.24, 2.45) is 0 Å². The van der Waals surface area contributed by atoms with E-state index in [0.717, 1.165) is 24.9 Å². The minimum absolute atomic E-state index is 0.0629. The van der Waals surface area contributed by atoms with Gasteiger partial charge in [-0.25, -0.2) is 0 Å². The van der Waals surface area contributed by atoms with Crippen molar-refractivity contribution in [1.82, 2.24) is 20.4 Å². The Labute approximate surface area is 149 Å². The second-order valence-electron chi connectivity index (χ2n) is 7.15. The molecule has 3 unspecified atom stereocenters.